The van der Waals surface area contributed by atoms with Crippen LogP contribution in [0.4, 0.5) is 11.4 Å². The third-order valence-electron chi connectivity index (χ3n) is 6.69. The van der Waals surface area contributed by atoms with E-state index in [-0.39, 0.29) is 17.9 Å². The molecule has 2 aliphatic rings. The lowest BCUT2D eigenvalue weighted by Gasteiger charge is -2.27. The summed E-state index contributed by atoms with van der Waals surface area (Å²) in [6, 6.07) is 27.5. The molecule has 0 spiro atoms. The number of nitrogens with zero attached hydrogens (tertiary/aromatic N) is 2. The Labute approximate surface area is 206 Å². The Morgan fingerprint density at radius 2 is 1.69 bits per heavy atom. The first-order valence-corrected chi connectivity index (χ1v) is 12.3. The van der Waals surface area contributed by atoms with Gasteiger partial charge >= 0.3 is 0 Å². The number of nitrogens with one attached hydrogen (secondary N) is 2. The second-order valence-electron chi connectivity index (χ2n) is 9.11. The van der Waals surface area contributed by atoms with Gasteiger partial charge in [-0.1, -0.05) is 72.8 Å². The van der Waals surface area contributed by atoms with Crippen LogP contribution < -0.4 is 15.6 Å². The average molecular weight is 467 g/mol. The zero-order valence-electron chi connectivity index (χ0n) is 19.7. The van der Waals surface area contributed by atoms with Crippen LogP contribution in [0, 0.1) is 0 Å². The van der Waals surface area contributed by atoms with Crippen LogP contribution >= 0.6 is 0 Å². The molecule has 0 saturated carbocycles. The zero-order valence-corrected chi connectivity index (χ0v) is 19.7. The third-order valence-corrected chi connectivity index (χ3v) is 6.69. The van der Waals surface area contributed by atoms with Crippen molar-refractivity contribution in [1.82, 2.24) is 15.2 Å². The highest BCUT2D eigenvalue weighted by Crippen LogP contribution is 2.26. The van der Waals surface area contributed by atoms with Crippen molar-refractivity contribution in [3.8, 4) is 0 Å². The van der Waals surface area contributed by atoms with Crippen molar-refractivity contribution in [2.24, 2.45) is 0 Å². The maximum atomic E-state index is 13.4. The number of hydrogen-bond donors (Lipinski definition) is 2. The lowest BCUT2D eigenvalue weighted by atomic mass is 9.98. The number of amides is 2. The van der Waals surface area contributed by atoms with Crippen molar-refractivity contribution in [3.05, 3.63) is 96.1 Å². The second-order valence-corrected chi connectivity index (χ2v) is 9.11. The summed E-state index contributed by atoms with van der Waals surface area (Å²) >= 11 is 0. The molecule has 2 amide bonds. The third kappa shape index (κ3) is 5.43. The van der Waals surface area contributed by atoms with Gasteiger partial charge in [0.1, 0.15) is 6.04 Å². The molecule has 2 N–H and O–H groups in total. The van der Waals surface area contributed by atoms with Crippen LogP contribution in [0.5, 0.6) is 0 Å². The van der Waals surface area contributed by atoms with Gasteiger partial charge in [-0.05, 0) is 47.5 Å². The average Bonchev–Trinajstić information content (AvgIpc) is 3.55. The van der Waals surface area contributed by atoms with Crippen molar-refractivity contribution in [1.29, 1.82) is 0 Å². The predicted octanol–water partition coefficient (Wildman–Crippen LogP) is 4.35. The minimum absolute atomic E-state index is 0.00225. The second kappa shape index (κ2) is 10.6. The highest BCUT2D eigenvalue weighted by Gasteiger charge is 2.35. The molecule has 1 saturated heterocycles. The molecule has 6 nitrogen and oxygen atoms in total. The van der Waals surface area contributed by atoms with Gasteiger partial charge in [0, 0.05) is 13.0 Å². The van der Waals surface area contributed by atoms with Crippen LogP contribution in [0.1, 0.15) is 42.9 Å². The Kier molecular flexibility index (Phi) is 6.89. The van der Waals surface area contributed by atoms with E-state index in [1.807, 2.05) is 72.8 Å². The molecule has 1 unspecified atom stereocenters. The molecule has 2 heterocycles. The smallest absolute Gasteiger partial charge is 0.298 e. The molecule has 1 fully saturated rings. The summed E-state index contributed by atoms with van der Waals surface area (Å²) in [5, 5.41) is 6.53. The fourth-order valence-corrected chi connectivity index (χ4v) is 4.89. The Bertz CT molecular complexity index is 1210. The minimum atomic E-state index is -0.430. The number of benzene rings is 3. The number of likely N-dealkylation sites (tertiary alicyclic amines) is 1. The topological polar surface area (TPSA) is 75.5 Å². The van der Waals surface area contributed by atoms with E-state index in [0.29, 0.717) is 32.2 Å². The lowest BCUT2D eigenvalue weighted by molar-refractivity contribution is -0.138. The predicted molar refractivity (Wildman–Crippen MR) is 138 cm³/mol. The summed E-state index contributed by atoms with van der Waals surface area (Å²) in [6.07, 6.45) is 3.08. The van der Waals surface area contributed by atoms with Gasteiger partial charge in [0.05, 0.1) is 12.5 Å². The van der Waals surface area contributed by atoms with Crippen LogP contribution in [-0.4, -0.2) is 35.1 Å². The van der Waals surface area contributed by atoms with Gasteiger partial charge in [-0.15, -0.1) is 0 Å². The Balaban J connectivity index is 1.22. The first kappa shape index (κ1) is 22.8. The number of aliphatic imine (C=N–C) groups is 1. The van der Waals surface area contributed by atoms with Gasteiger partial charge in [-0.3, -0.25) is 9.59 Å². The summed E-state index contributed by atoms with van der Waals surface area (Å²) in [7, 11) is 0. The summed E-state index contributed by atoms with van der Waals surface area (Å²) in [4.78, 5) is 32.8. The van der Waals surface area contributed by atoms with Crippen molar-refractivity contribution in [2.75, 3.05) is 11.9 Å². The van der Waals surface area contributed by atoms with Crippen molar-refractivity contribution >= 4 is 29.0 Å². The van der Waals surface area contributed by atoms with Crippen LogP contribution in [-0.2, 0) is 16.0 Å². The maximum Gasteiger partial charge on any atom is 0.298 e. The monoisotopic (exact) mass is 466 g/mol. The fraction of sp³-hybridized carbons (Fsp3) is 0.276. The highest BCUT2D eigenvalue weighted by molar-refractivity contribution is 6.04. The molecule has 2 atom stereocenters. The standard InChI is InChI=1S/C29H30N4O2/c34-28(18-17-27-30-23-14-7-8-15-24(23)31-27)33-19-9-16-26(33)29(35)32-25(22-12-5-2-6-13-22)20-21-10-3-1-4-11-21/h1-8,10-15,25-26,30H,9,16-20H2,(H,32,35)/q+1/t25?,26-/m0/s1. The van der Waals surface area contributed by atoms with E-state index in [0.717, 1.165) is 34.8 Å². The highest BCUT2D eigenvalue weighted by atomic mass is 16.2. The van der Waals surface area contributed by atoms with E-state index >= 15 is 0 Å². The van der Waals surface area contributed by atoms with Crippen molar-refractivity contribution in [3.63, 3.8) is 0 Å². The molecule has 3 aromatic carbocycles. The number of amidine groups is 1. The van der Waals surface area contributed by atoms with Gasteiger partial charge in [0.15, 0.2) is 5.69 Å². The number of rotatable bonds is 8. The SMILES string of the molecule is O=C(NC(Cc1ccccc1)c1ccccc1)[C@@H]1CCCN1C(=O)CCC1=[N+]c2ccccc2N1. The fourth-order valence-electron chi connectivity index (χ4n) is 4.89. The zero-order chi connectivity index (χ0) is 24.0. The van der Waals surface area contributed by atoms with Crippen molar-refractivity contribution < 1.29 is 9.59 Å². The van der Waals surface area contributed by atoms with Crippen LogP contribution in [0.3, 0.4) is 0 Å². The molecule has 3 aromatic rings. The number of anilines is 1. The number of carbonyl (C=O) groups is 2. The molecular formula is C29H30N4O2+. The largest absolute Gasteiger partial charge is 0.347 e. The summed E-state index contributed by atoms with van der Waals surface area (Å²) in [6.45, 7) is 0.617. The van der Waals surface area contributed by atoms with Gasteiger partial charge in [0.25, 0.3) is 5.84 Å². The van der Waals surface area contributed by atoms with Gasteiger partial charge in [-0.25, -0.2) is 5.32 Å². The summed E-state index contributed by atoms with van der Waals surface area (Å²) < 4.78 is 0. The molecule has 0 aliphatic carbocycles. The first-order valence-electron chi connectivity index (χ1n) is 12.3. The molecule has 5 rings (SSSR count). The van der Waals surface area contributed by atoms with Crippen LogP contribution in [0.25, 0.3) is 0 Å². The molecular weight excluding hydrogens is 436 g/mol. The van der Waals surface area contributed by atoms with Crippen molar-refractivity contribution in [2.45, 2.75) is 44.2 Å². The Morgan fingerprint density at radius 3 is 2.46 bits per heavy atom. The molecule has 35 heavy (non-hydrogen) atoms. The number of para-hydroxylation sites is 2. The molecule has 177 valence electrons. The number of hydrogen-bond acceptors (Lipinski definition) is 4. The van der Waals surface area contributed by atoms with E-state index in [2.05, 4.69) is 27.8 Å². The normalized spacial score (nSPS) is 17.3. The van der Waals surface area contributed by atoms with Gasteiger partial charge < -0.3 is 10.2 Å². The molecule has 0 bridgehead atoms. The minimum Gasteiger partial charge on any atom is -0.347 e. The van der Waals surface area contributed by atoms with Gasteiger partial charge in [0.2, 0.25) is 17.5 Å². The Morgan fingerprint density at radius 1 is 0.971 bits per heavy atom. The Hall–Kier alpha value is -3.93. The van der Waals surface area contributed by atoms with E-state index in [4.69, 9.17) is 0 Å². The molecule has 6 heteroatoms. The van der Waals surface area contributed by atoms with E-state index in [1.54, 1.807) is 4.90 Å². The van der Waals surface area contributed by atoms with Gasteiger partial charge in [-0.2, -0.15) is 0 Å². The number of carbonyl (C=O) groups excluding carboxylic acids is 2. The van der Waals surface area contributed by atoms with E-state index in [9.17, 15) is 9.59 Å². The molecule has 2 aliphatic heterocycles. The summed E-state index contributed by atoms with van der Waals surface area (Å²) in [5.41, 5.74) is 4.09. The maximum absolute atomic E-state index is 13.4. The van der Waals surface area contributed by atoms with E-state index < -0.39 is 6.04 Å². The molecule has 0 aromatic heterocycles. The summed E-state index contributed by atoms with van der Waals surface area (Å²) in [5.74, 6) is 0.721. The quantitative estimate of drug-likeness (QED) is 0.518. The first-order chi connectivity index (χ1) is 17.2. The van der Waals surface area contributed by atoms with Crippen LogP contribution in [0.2, 0.25) is 0 Å². The van der Waals surface area contributed by atoms with Crippen LogP contribution in [0.15, 0.2) is 84.9 Å². The lowest BCUT2D eigenvalue weighted by Crippen LogP contribution is -2.47. The number of fused-ring (bicyclic) bond motifs is 1. The molecule has 1 radical (unpaired) electrons. The van der Waals surface area contributed by atoms with E-state index in [1.165, 1.54) is 0 Å².